The van der Waals surface area contributed by atoms with E-state index in [0.717, 1.165) is 11.3 Å². The highest BCUT2D eigenvalue weighted by Gasteiger charge is 2.05. The number of fused-ring (bicyclic) bond motifs is 1. The highest BCUT2D eigenvalue weighted by atomic mass is 19.1. The van der Waals surface area contributed by atoms with Gasteiger partial charge in [-0.2, -0.15) is 5.10 Å². The molecular formula is C20H12FN4. The topological polar surface area (TPSA) is 56.2 Å². The van der Waals surface area contributed by atoms with Crippen molar-refractivity contribution in [3.8, 4) is 23.1 Å². The Kier molecular flexibility index (Phi) is 3.64. The van der Waals surface area contributed by atoms with Crippen LogP contribution in [0.25, 0.3) is 16.9 Å². The summed E-state index contributed by atoms with van der Waals surface area (Å²) in [5, 5.41) is 4.60. The summed E-state index contributed by atoms with van der Waals surface area (Å²) >= 11 is 0. The van der Waals surface area contributed by atoms with Gasteiger partial charge < -0.3 is 5.73 Å². The Labute approximate surface area is 143 Å². The van der Waals surface area contributed by atoms with Crippen molar-refractivity contribution in [1.82, 2.24) is 14.6 Å². The van der Waals surface area contributed by atoms with Gasteiger partial charge in [0, 0.05) is 11.1 Å². The van der Waals surface area contributed by atoms with Crippen molar-refractivity contribution in [2.24, 2.45) is 0 Å². The van der Waals surface area contributed by atoms with Gasteiger partial charge in [-0.3, -0.25) is 0 Å². The molecule has 2 aromatic heterocycles. The molecule has 0 aliphatic carbocycles. The average Bonchev–Trinajstić information content (AvgIpc) is 3.06. The molecule has 5 heteroatoms. The van der Waals surface area contributed by atoms with Crippen LogP contribution in [-0.4, -0.2) is 14.6 Å². The van der Waals surface area contributed by atoms with Crippen molar-refractivity contribution < 1.29 is 4.39 Å². The summed E-state index contributed by atoms with van der Waals surface area (Å²) < 4.78 is 14.9. The third-order valence-corrected chi connectivity index (χ3v) is 3.71. The zero-order valence-electron chi connectivity index (χ0n) is 13.1. The standard InChI is InChI=1S/C20H12FN4/c21-17-9-7-14(12-18(17)22)6-8-16-13-23-20-11-10-19(24-25(16)20)15-4-2-1-3-5-15/h2-5,7,9-13H,22H2. The zero-order valence-corrected chi connectivity index (χ0v) is 13.1. The summed E-state index contributed by atoms with van der Waals surface area (Å²) in [6, 6.07) is 18.7. The van der Waals surface area contributed by atoms with E-state index in [1.54, 1.807) is 16.8 Å². The molecule has 4 nitrogen and oxygen atoms in total. The molecule has 25 heavy (non-hydrogen) atoms. The highest BCUT2D eigenvalue weighted by molar-refractivity contribution is 5.60. The summed E-state index contributed by atoms with van der Waals surface area (Å²) in [6.45, 7) is 0. The lowest BCUT2D eigenvalue weighted by atomic mass is 10.1. The molecule has 0 aliphatic rings. The largest absolute Gasteiger partial charge is 0.396 e. The second-order valence-electron chi connectivity index (χ2n) is 5.41. The fraction of sp³-hybridized carbons (Fsp3) is 0. The Morgan fingerprint density at radius 3 is 2.68 bits per heavy atom. The molecule has 0 aliphatic heterocycles. The lowest BCUT2D eigenvalue weighted by molar-refractivity contribution is 0.632. The molecule has 0 saturated heterocycles. The fourth-order valence-corrected chi connectivity index (χ4v) is 2.43. The number of benzene rings is 2. The zero-order chi connectivity index (χ0) is 17.2. The van der Waals surface area contributed by atoms with Crippen molar-refractivity contribution in [2.75, 3.05) is 5.73 Å². The summed E-state index contributed by atoms with van der Waals surface area (Å²) in [5.41, 5.74) is 9.42. The fourth-order valence-electron chi connectivity index (χ4n) is 2.43. The Morgan fingerprint density at radius 2 is 1.88 bits per heavy atom. The predicted octanol–water partition coefficient (Wildman–Crippen LogP) is 3.32. The van der Waals surface area contributed by atoms with Crippen molar-refractivity contribution in [3.05, 3.63) is 83.9 Å². The van der Waals surface area contributed by atoms with Crippen LogP contribution in [0.5, 0.6) is 0 Å². The number of hydrogen-bond donors (Lipinski definition) is 1. The average molecular weight is 327 g/mol. The number of imidazole rings is 1. The highest BCUT2D eigenvalue weighted by Crippen LogP contribution is 2.17. The van der Waals surface area contributed by atoms with Gasteiger partial charge in [-0.25, -0.2) is 13.9 Å². The second kappa shape index (κ2) is 6.10. The molecule has 2 heterocycles. The van der Waals surface area contributed by atoms with E-state index >= 15 is 0 Å². The van der Waals surface area contributed by atoms with Crippen molar-refractivity contribution in [1.29, 1.82) is 0 Å². The lowest BCUT2D eigenvalue weighted by Gasteiger charge is -2.01. The van der Waals surface area contributed by atoms with Crippen LogP contribution in [0.2, 0.25) is 0 Å². The SMILES string of the molecule is Nc1cc(C#Cc2cnc3ccc(-c4cc[c]cc4)nn23)ccc1F. The van der Waals surface area contributed by atoms with Crippen molar-refractivity contribution in [3.63, 3.8) is 0 Å². The van der Waals surface area contributed by atoms with E-state index in [1.165, 1.54) is 12.1 Å². The van der Waals surface area contributed by atoms with Gasteiger partial charge in [0.15, 0.2) is 5.65 Å². The van der Waals surface area contributed by atoms with Gasteiger partial charge >= 0.3 is 0 Å². The van der Waals surface area contributed by atoms with Crippen molar-refractivity contribution >= 4 is 11.3 Å². The molecule has 0 bridgehead atoms. The first-order valence-corrected chi connectivity index (χ1v) is 7.59. The summed E-state index contributed by atoms with van der Waals surface area (Å²) in [6.07, 6.45) is 1.66. The lowest BCUT2D eigenvalue weighted by Crippen LogP contribution is -1.97. The second-order valence-corrected chi connectivity index (χ2v) is 5.41. The number of rotatable bonds is 1. The molecule has 0 fully saturated rings. The van der Waals surface area contributed by atoms with Crippen LogP contribution < -0.4 is 5.73 Å². The van der Waals surface area contributed by atoms with Gasteiger partial charge in [0.2, 0.25) is 0 Å². The smallest absolute Gasteiger partial charge is 0.154 e. The number of anilines is 1. The molecule has 0 unspecified atom stereocenters. The molecule has 0 atom stereocenters. The van der Waals surface area contributed by atoms with E-state index < -0.39 is 5.82 Å². The molecule has 2 aromatic carbocycles. The van der Waals surface area contributed by atoms with Crippen LogP contribution >= 0.6 is 0 Å². The minimum atomic E-state index is -0.452. The van der Waals surface area contributed by atoms with E-state index in [0.29, 0.717) is 16.9 Å². The maximum Gasteiger partial charge on any atom is 0.154 e. The summed E-state index contributed by atoms with van der Waals surface area (Å²) in [7, 11) is 0. The minimum absolute atomic E-state index is 0.0752. The molecular weight excluding hydrogens is 315 g/mol. The summed E-state index contributed by atoms with van der Waals surface area (Å²) in [5.74, 6) is 5.53. The Balaban J connectivity index is 1.76. The van der Waals surface area contributed by atoms with Crippen LogP contribution in [0.15, 0.2) is 60.8 Å². The number of aromatic nitrogens is 3. The molecule has 4 aromatic rings. The van der Waals surface area contributed by atoms with Gasteiger partial charge in [0.05, 0.1) is 17.6 Å². The van der Waals surface area contributed by atoms with Crippen LogP contribution in [0.3, 0.4) is 0 Å². The number of nitrogens with two attached hydrogens (primary N) is 1. The number of hydrogen-bond acceptors (Lipinski definition) is 3. The van der Waals surface area contributed by atoms with Crippen LogP contribution in [0.1, 0.15) is 11.3 Å². The van der Waals surface area contributed by atoms with Crippen LogP contribution in [-0.2, 0) is 0 Å². The third-order valence-electron chi connectivity index (χ3n) is 3.71. The van der Waals surface area contributed by atoms with Gasteiger partial charge in [0.1, 0.15) is 11.5 Å². The molecule has 2 N–H and O–H groups in total. The maximum atomic E-state index is 13.2. The first kappa shape index (κ1) is 14.9. The quantitative estimate of drug-likeness (QED) is 0.431. The van der Waals surface area contributed by atoms with Crippen molar-refractivity contribution in [2.45, 2.75) is 0 Å². The molecule has 0 amide bonds. The minimum Gasteiger partial charge on any atom is -0.396 e. The first-order valence-electron chi connectivity index (χ1n) is 7.59. The van der Waals surface area contributed by atoms with Gasteiger partial charge in [-0.15, -0.1) is 0 Å². The number of nitrogens with zero attached hydrogens (tertiary/aromatic N) is 3. The van der Waals surface area contributed by atoms with E-state index in [2.05, 4.69) is 28.0 Å². The Bertz CT molecular complexity index is 1120. The Morgan fingerprint density at radius 1 is 1.04 bits per heavy atom. The van der Waals surface area contributed by atoms with E-state index in [1.807, 2.05) is 36.4 Å². The number of halogens is 1. The molecule has 4 rings (SSSR count). The maximum absolute atomic E-state index is 13.2. The van der Waals surface area contributed by atoms with Crippen LogP contribution in [0, 0.1) is 23.7 Å². The summed E-state index contributed by atoms with van der Waals surface area (Å²) in [4.78, 5) is 4.30. The molecule has 0 saturated carbocycles. The first-order chi connectivity index (χ1) is 12.2. The molecule has 119 valence electrons. The van der Waals surface area contributed by atoms with Crippen LogP contribution in [0.4, 0.5) is 10.1 Å². The normalized spacial score (nSPS) is 10.4. The van der Waals surface area contributed by atoms with Gasteiger partial charge in [-0.1, -0.05) is 30.2 Å². The number of nitrogen functional groups attached to an aromatic ring is 1. The monoisotopic (exact) mass is 327 g/mol. The van der Waals surface area contributed by atoms with Gasteiger partial charge in [0.25, 0.3) is 0 Å². The van der Waals surface area contributed by atoms with E-state index in [-0.39, 0.29) is 5.69 Å². The molecule has 0 spiro atoms. The Hall–Kier alpha value is -3.65. The predicted molar refractivity (Wildman–Crippen MR) is 94.1 cm³/mol. The van der Waals surface area contributed by atoms with E-state index in [9.17, 15) is 4.39 Å². The molecule has 1 radical (unpaired) electrons. The van der Waals surface area contributed by atoms with E-state index in [4.69, 9.17) is 5.73 Å². The third kappa shape index (κ3) is 2.93. The van der Waals surface area contributed by atoms with Gasteiger partial charge in [-0.05, 0) is 42.3 Å².